The van der Waals surface area contributed by atoms with E-state index in [2.05, 4.69) is 5.32 Å². The third kappa shape index (κ3) is 5.42. The van der Waals surface area contributed by atoms with Gasteiger partial charge in [-0.15, -0.1) is 0 Å². The predicted molar refractivity (Wildman–Crippen MR) is 101 cm³/mol. The van der Waals surface area contributed by atoms with Crippen molar-refractivity contribution in [1.29, 1.82) is 0 Å². The second-order valence-electron chi connectivity index (χ2n) is 6.03. The number of methoxy groups -OCH3 is 1. The average Bonchev–Trinajstić information content (AvgIpc) is 2.56. The zero-order chi connectivity index (χ0) is 19.3. The number of amides is 1. The van der Waals surface area contributed by atoms with Gasteiger partial charge >= 0.3 is 0 Å². The Labute approximate surface area is 153 Å². The quantitative estimate of drug-likeness (QED) is 0.751. The highest BCUT2D eigenvalue weighted by atomic mass is 32.2. The highest BCUT2D eigenvalue weighted by Gasteiger charge is 2.22. The summed E-state index contributed by atoms with van der Waals surface area (Å²) in [6.45, 7) is 3.76. The number of nitrogens with one attached hydrogen (secondary N) is 1. The van der Waals surface area contributed by atoms with Crippen molar-refractivity contribution in [2.75, 3.05) is 23.9 Å². The van der Waals surface area contributed by atoms with E-state index >= 15 is 0 Å². The van der Waals surface area contributed by atoms with Gasteiger partial charge in [0.25, 0.3) is 0 Å². The van der Waals surface area contributed by atoms with E-state index in [4.69, 9.17) is 4.74 Å². The van der Waals surface area contributed by atoms with Gasteiger partial charge in [0.15, 0.2) is 15.6 Å². The number of hydrogen-bond acceptors (Lipinski definition) is 5. The Kier molecular flexibility index (Phi) is 6.15. The molecule has 0 saturated carbocycles. The van der Waals surface area contributed by atoms with Crippen molar-refractivity contribution in [3.63, 3.8) is 0 Å². The first-order chi connectivity index (χ1) is 12.2. The third-order valence-corrected chi connectivity index (χ3v) is 5.31. The maximum absolute atomic E-state index is 12.2. The lowest BCUT2D eigenvalue weighted by molar-refractivity contribution is -0.113. The second-order valence-corrected chi connectivity index (χ2v) is 8.10. The Morgan fingerprint density at radius 2 is 1.62 bits per heavy atom. The van der Waals surface area contributed by atoms with E-state index < -0.39 is 33.0 Å². The second kappa shape index (κ2) is 8.14. The molecule has 0 aliphatic carbocycles. The minimum atomic E-state index is -3.87. The molecule has 0 aliphatic heterocycles. The van der Waals surface area contributed by atoms with Gasteiger partial charge in [0.05, 0.1) is 7.11 Å². The number of carbonyl (C=O) groups excluding carboxylic acids is 2. The van der Waals surface area contributed by atoms with Gasteiger partial charge in [-0.3, -0.25) is 9.59 Å². The zero-order valence-corrected chi connectivity index (χ0v) is 15.7. The number of ketones is 1. The molecule has 2 aromatic carbocycles. The van der Waals surface area contributed by atoms with E-state index in [1.807, 2.05) is 13.8 Å². The predicted octanol–water partition coefficient (Wildman–Crippen LogP) is 2.55. The molecule has 2 aromatic rings. The van der Waals surface area contributed by atoms with Crippen LogP contribution in [0.4, 0.5) is 5.69 Å². The number of anilines is 1. The number of sulfone groups is 1. The van der Waals surface area contributed by atoms with E-state index in [0.29, 0.717) is 17.0 Å². The SMILES string of the molecule is COc1ccc(NC(=O)CS(=O)(=O)CC(=O)c2ccc(C)c(C)c2)cc1. The van der Waals surface area contributed by atoms with Crippen molar-refractivity contribution in [1.82, 2.24) is 0 Å². The number of hydrogen-bond donors (Lipinski definition) is 1. The molecule has 0 atom stereocenters. The van der Waals surface area contributed by atoms with Crippen LogP contribution >= 0.6 is 0 Å². The highest BCUT2D eigenvalue weighted by Crippen LogP contribution is 2.15. The third-order valence-electron chi connectivity index (χ3n) is 3.90. The summed E-state index contributed by atoms with van der Waals surface area (Å²) in [6.07, 6.45) is 0. The van der Waals surface area contributed by atoms with Gasteiger partial charge < -0.3 is 10.1 Å². The largest absolute Gasteiger partial charge is 0.497 e. The van der Waals surface area contributed by atoms with Crippen LogP contribution in [0.15, 0.2) is 42.5 Å². The number of carbonyl (C=O) groups is 2. The molecular weight excluding hydrogens is 354 g/mol. The van der Waals surface area contributed by atoms with Crippen molar-refractivity contribution >= 4 is 27.2 Å². The number of benzene rings is 2. The fraction of sp³-hybridized carbons (Fsp3) is 0.263. The molecule has 0 bridgehead atoms. The molecule has 0 aromatic heterocycles. The van der Waals surface area contributed by atoms with Gasteiger partial charge in [0, 0.05) is 11.3 Å². The van der Waals surface area contributed by atoms with Crippen LogP contribution in [0.2, 0.25) is 0 Å². The van der Waals surface area contributed by atoms with Gasteiger partial charge in [0.1, 0.15) is 17.3 Å². The van der Waals surface area contributed by atoms with Crippen LogP contribution in [0.25, 0.3) is 0 Å². The van der Waals surface area contributed by atoms with Crippen molar-refractivity contribution in [3.8, 4) is 5.75 Å². The van der Waals surface area contributed by atoms with Crippen LogP contribution in [-0.2, 0) is 14.6 Å². The lowest BCUT2D eigenvalue weighted by atomic mass is 10.0. The topological polar surface area (TPSA) is 89.5 Å². The van der Waals surface area contributed by atoms with Crippen LogP contribution in [0, 0.1) is 13.8 Å². The maximum Gasteiger partial charge on any atom is 0.239 e. The van der Waals surface area contributed by atoms with Gasteiger partial charge in [-0.25, -0.2) is 8.42 Å². The van der Waals surface area contributed by atoms with Crippen LogP contribution in [0.1, 0.15) is 21.5 Å². The number of aryl methyl sites for hydroxylation is 2. The Balaban J connectivity index is 1.99. The standard InChI is InChI=1S/C19H21NO5S/c1-13-4-5-15(10-14(13)2)18(21)11-26(23,24)12-19(22)20-16-6-8-17(25-3)9-7-16/h4-10H,11-12H2,1-3H3,(H,20,22). The van der Waals surface area contributed by atoms with Crippen LogP contribution in [0.5, 0.6) is 5.75 Å². The molecule has 138 valence electrons. The Morgan fingerprint density at radius 3 is 2.19 bits per heavy atom. The molecule has 0 saturated heterocycles. The summed E-state index contributed by atoms with van der Waals surface area (Å²) in [7, 11) is -2.35. The van der Waals surface area contributed by atoms with Crippen LogP contribution in [-0.4, -0.2) is 38.7 Å². The van der Waals surface area contributed by atoms with Crippen molar-refractivity contribution in [2.24, 2.45) is 0 Å². The molecule has 0 radical (unpaired) electrons. The first kappa shape index (κ1) is 19.7. The summed E-state index contributed by atoms with van der Waals surface area (Å²) < 4.78 is 29.3. The normalized spacial score (nSPS) is 11.0. The van der Waals surface area contributed by atoms with Crippen molar-refractivity contribution in [3.05, 3.63) is 59.2 Å². The van der Waals surface area contributed by atoms with E-state index in [1.165, 1.54) is 7.11 Å². The summed E-state index contributed by atoms with van der Waals surface area (Å²) in [5, 5.41) is 2.49. The van der Waals surface area contributed by atoms with E-state index in [0.717, 1.165) is 11.1 Å². The average molecular weight is 375 g/mol. The lowest BCUT2D eigenvalue weighted by Gasteiger charge is -2.08. The van der Waals surface area contributed by atoms with Gasteiger partial charge in [-0.2, -0.15) is 0 Å². The van der Waals surface area contributed by atoms with Crippen LogP contribution in [0.3, 0.4) is 0 Å². The minimum absolute atomic E-state index is 0.326. The molecule has 6 nitrogen and oxygen atoms in total. The summed E-state index contributed by atoms with van der Waals surface area (Å²) in [5.41, 5.74) is 2.70. The van der Waals surface area contributed by atoms with E-state index in [-0.39, 0.29) is 0 Å². The molecule has 0 fully saturated rings. The summed E-state index contributed by atoms with van der Waals surface area (Å²) in [4.78, 5) is 24.2. The Bertz CT molecular complexity index is 917. The van der Waals surface area contributed by atoms with Gasteiger partial charge in [0.2, 0.25) is 5.91 Å². The maximum atomic E-state index is 12.2. The highest BCUT2D eigenvalue weighted by molar-refractivity contribution is 7.92. The minimum Gasteiger partial charge on any atom is -0.497 e. The number of Topliss-reactive ketones (excluding diaryl/α,β-unsaturated/α-hetero) is 1. The lowest BCUT2D eigenvalue weighted by Crippen LogP contribution is -2.27. The molecule has 0 heterocycles. The molecule has 2 rings (SSSR count). The Morgan fingerprint density at radius 1 is 0.962 bits per heavy atom. The summed E-state index contributed by atoms with van der Waals surface area (Å²) >= 11 is 0. The summed E-state index contributed by atoms with van der Waals surface area (Å²) in [5.74, 6) is -2.05. The first-order valence-electron chi connectivity index (χ1n) is 7.95. The van der Waals surface area contributed by atoms with Gasteiger partial charge in [-0.1, -0.05) is 12.1 Å². The molecule has 0 aliphatic rings. The molecular formula is C19H21NO5S. The first-order valence-corrected chi connectivity index (χ1v) is 9.77. The van der Waals surface area contributed by atoms with Gasteiger partial charge in [-0.05, 0) is 55.3 Å². The van der Waals surface area contributed by atoms with Crippen molar-refractivity contribution < 1.29 is 22.7 Å². The number of ether oxygens (including phenoxy) is 1. The molecule has 1 N–H and O–H groups in total. The van der Waals surface area contributed by atoms with Crippen molar-refractivity contribution in [2.45, 2.75) is 13.8 Å². The molecule has 7 heteroatoms. The van der Waals surface area contributed by atoms with E-state index in [1.54, 1.807) is 42.5 Å². The number of rotatable bonds is 7. The smallest absolute Gasteiger partial charge is 0.239 e. The molecule has 26 heavy (non-hydrogen) atoms. The fourth-order valence-electron chi connectivity index (χ4n) is 2.32. The summed E-state index contributed by atoms with van der Waals surface area (Å²) in [6, 6.07) is 11.5. The molecule has 0 spiro atoms. The van der Waals surface area contributed by atoms with Crippen LogP contribution < -0.4 is 10.1 Å². The Hall–Kier alpha value is -2.67. The molecule has 1 amide bonds. The van der Waals surface area contributed by atoms with E-state index in [9.17, 15) is 18.0 Å². The zero-order valence-electron chi connectivity index (χ0n) is 14.9. The molecule has 0 unspecified atom stereocenters. The fourth-order valence-corrected chi connectivity index (χ4v) is 3.46. The monoisotopic (exact) mass is 375 g/mol.